The van der Waals surface area contributed by atoms with E-state index in [0.717, 1.165) is 18.5 Å². The number of hydrogen-bond acceptors (Lipinski definition) is 2. The highest BCUT2D eigenvalue weighted by molar-refractivity contribution is 5.93. The van der Waals surface area contributed by atoms with Crippen molar-refractivity contribution in [3.05, 3.63) is 30.3 Å². The molecule has 1 aromatic carbocycles. The van der Waals surface area contributed by atoms with E-state index < -0.39 is 0 Å². The van der Waals surface area contributed by atoms with Crippen LogP contribution in [0.4, 0.5) is 5.69 Å². The molecule has 0 atom stereocenters. The first-order valence-electron chi connectivity index (χ1n) is 7.76. The van der Waals surface area contributed by atoms with Gasteiger partial charge in [-0.15, -0.1) is 0 Å². The zero-order valence-electron chi connectivity index (χ0n) is 12.5. The van der Waals surface area contributed by atoms with E-state index in [1.807, 2.05) is 42.2 Å². The van der Waals surface area contributed by atoms with Gasteiger partial charge in [-0.25, -0.2) is 0 Å². The Labute approximate surface area is 122 Å². The number of benzene rings is 1. The molecule has 1 saturated carbocycles. The lowest BCUT2D eigenvalue weighted by atomic mass is 9.71. The van der Waals surface area contributed by atoms with E-state index in [-0.39, 0.29) is 11.3 Å². The maximum Gasteiger partial charge on any atom is 0.227 e. The lowest BCUT2D eigenvalue weighted by Crippen LogP contribution is -2.40. The quantitative estimate of drug-likeness (QED) is 0.895. The van der Waals surface area contributed by atoms with Gasteiger partial charge in [0.2, 0.25) is 5.91 Å². The van der Waals surface area contributed by atoms with Gasteiger partial charge < -0.3 is 10.6 Å². The van der Waals surface area contributed by atoms with Crippen LogP contribution in [0.15, 0.2) is 30.3 Å². The van der Waals surface area contributed by atoms with Crippen LogP contribution < -0.4 is 10.6 Å². The van der Waals surface area contributed by atoms with Gasteiger partial charge in [-0.1, -0.05) is 37.5 Å². The van der Waals surface area contributed by atoms with Gasteiger partial charge in [-0.05, 0) is 43.9 Å². The zero-order chi connectivity index (χ0) is 14.4. The van der Waals surface area contributed by atoms with E-state index >= 15 is 0 Å². The van der Waals surface area contributed by atoms with Crippen molar-refractivity contribution in [1.29, 1.82) is 0 Å². The Morgan fingerprint density at radius 2 is 1.85 bits per heavy atom. The predicted octanol–water partition coefficient (Wildman–Crippen LogP) is 3.34. The van der Waals surface area contributed by atoms with Crippen LogP contribution in [-0.4, -0.2) is 19.0 Å². The fourth-order valence-corrected chi connectivity index (χ4v) is 3.28. The van der Waals surface area contributed by atoms with Gasteiger partial charge in [0.15, 0.2) is 0 Å². The number of amides is 1. The molecule has 20 heavy (non-hydrogen) atoms. The summed E-state index contributed by atoms with van der Waals surface area (Å²) in [6, 6.07) is 9.92. The van der Waals surface area contributed by atoms with Crippen LogP contribution in [0.1, 0.15) is 45.4 Å². The molecule has 1 aromatic rings. The molecular formula is C17H26N2O. The Morgan fingerprint density at radius 3 is 2.40 bits per heavy atom. The van der Waals surface area contributed by atoms with Gasteiger partial charge in [-0.2, -0.15) is 0 Å². The van der Waals surface area contributed by atoms with Gasteiger partial charge in [0.25, 0.3) is 0 Å². The first-order valence-corrected chi connectivity index (χ1v) is 7.76. The summed E-state index contributed by atoms with van der Waals surface area (Å²) >= 11 is 0. The molecule has 0 unspecified atom stereocenters. The molecule has 0 aliphatic heterocycles. The SMILES string of the molecule is CCN(C(=O)CC1(CN)CCCCC1)c1ccccc1. The lowest BCUT2D eigenvalue weighted by Gasteiger charge is -2.37. The zero-order valence-corrected chi connectivity index (χ0v) is 12.5. The molecule has 1 aliphatic carbocycles. The van der Waals surface area contributed by atoms with Crippen molar-refractivity contribution in [2.24, 2.45) is 11.1 Å². The largest absolute Gasteiger partial charge is 0.330 e. The van der Waals surface area contributed by atoms with Crippen LogP contribution >= 0.6 is 0 Å². The van der Waals surface area contributed by atoms with Gasteiger partial charge in [0, 0.05) is 18.7 Å². The Bertz CT molecular complexity index is 424. The average molecular weight is 274 g/mol. The van der Waals surface area contributed by atoms with Crippen molar-refractivity contribution in [2.75, 3.05) is 18.0 Å². The number of hydrogen-bond donors (Lipinski definition) is 1. The first-order chi connectivity index (χ1) is 9.71. The van der Waals surface area contributed by atoms with Gasteiger partial charge >= 0.3 is 0 Å². The highest BCUT2D eigenvalue weighted by Crippen LogP contribution is 2.39. The normalized spacial score (nSPS) is 17.7. The van der Waals surface area contributed by atoms with Crippen molar-refractivity contribution < 1.29 is 4.79 Å². The molecule has 0 bridgehead atoms. The molecule has 0 aromatic heterocycles. The second-order valence-corrected chi connectivity index (χ2v) is 5.92. The maximum absolute atomic E-state index is 12.7. The van der Waals surface area contributed by atoms with Crippen molar-refractivity contribution in [2.45, 2.75) is 45.4 Å². The number of carbonyl (C=O) groups excluding carboxylic acids is 1. The highest BCUT2D eigenvalue weighted by atomic mass is 16.2. The third kappa shape index (κ3) is 3.40. The predicted molar refractivity (Wildman–Crippen MR) is 83.7 cm³/mol. The second-order valence-electron chi connectivity index (χ2n) is 5.92. The van der Waals surface area contributed by atoms with Crippen LogP contribution in [0.5, 0.6) is 0 Å². The van der Waals surface area contributed by atoms with Gasteiger partial charge in [0.1, 0.15) is 0 Å². The van der Waals surface area contributed by atoms with Gasteiger partial charge in [0.05, 0.1) is 0 Å². The third-order valence-electron chi connectivity index (χ3n) is 4.56. The van der Waals surface area contributed by atoms with Crippen LogP contribution in [0.2, 0.25) is 0 Å². The fraction of sp³-hybridized carbons (Fsp3) is 0.588. The molecule has 2 N–H and O–H groups in total. The number of anilines is 1. The lowest BCUT2D eigenvalue weighted by molar-refractivity contribution is -0.121. The van der Waals surface area contributed by atoms with E-state index in [4.69, 9.17) is 5.73 Å². The van der Waals surface area contributed by atoms with Crippen molar-refractivity contribution in [3.63, 3.8) is 0 Å². The molecule has 1 fully saturated rings. The Hall–Kier alpha value is -1.35. The minimum atomic E-state index is 0.0392. The summed E-state index contributed by atoms with van der Waals surface area (Å²) in [7, 11) is 0. The van der Waals surface area contributed by atoms with E-state index in [2.05, 4.69) is 0 Å². The van der Waals surface area contributed by atoms with Gasteiger partial charge in [-0.3, -0.25) is 4.79 Å². The average Bonchev–Trinajstić information content (AvgIpc) is 2.50. The minimum Gasteiger partial charge on any atom is -0.330 e. The van der Waals surface area contributed by atoms with E-state index in [1.165, 1.54) is 19.3 Å². The van der Waals surface area contributed by atoms with E-state index in [9.17, 15) is 4.79 Å². The van der Waals surface area contributed by atoms with Crippen molar-refractivity contribution >= 4 is 11.6 Å². The van der Waals surface area contributed by atoms with Crippen LogP contribution in [0.3, 0.4) is 0 Å². The third-order valence-corrected chi connectivity index (χ3v) is 4.56. The molecule has 0 heterocycles. The fourth-order valence-electron chi connectivity index (χ4n) is 3.28. The molecular weight excluding hydrogens is 248 g/mol. The van der Waals surface area contributed by atoms with Crippen molar-refractivity contribution in [1.82, 2.24) is 0 Å². The molecule has 0 saturated heterocycles. The van der Waals surface area contributed by atoms with Crippen LogP contribution in [0, 0.1) is 5.41 Å². The summed E-state index contributed by atoms with van der Waals surface area (Å²) in [5.74, 6) is 0.214. The topological polar surface area (TPSA) is 46.3 Å². The molecule has 0 spiro atoms. The van der Waals surface area contributed by atoms with Crippen LogP contribution in [0.25, 0.3) is 0 Å². The monoisotopic (exact) mass is 274 g/mol. The molecule has 2 rings (SSSR count). The molecule has 3 heteroatoms. The number of nitrogens with zero attached hydrogens (tertiary/aromatic N) is 1. The molecule has 1 amide bonds. The minimum absolute atomic E-state index is 0.0392. The summed E-state index contributed by atoms with van der Waals surface area (Å²) in [4.78, 5) is 14.6. The summed E-state index contributed by atoms with van der Waals surface area (Å²) in [6.45, 7) is 3.37. The first kappa shape index (κ1) is 15.0. The summed E-state index contributed by atoms with van der Waals surface area (Å²) in [6.07, 6.45) is 6.49. The number of para-hydroxylation sites is 1. The summed E-state index contributed by atoms with van der Waals surface area (Å²) in [5.41, 5.74) is 7.02. The number of carbonyl (C=O) groups is 1. The van der Waals surface area contributed by atoms with Crippen LogP contribution in [-0.2, 0) is 4.79 Å². The number of rotatable bonds is 5. The number of nitrogens with two attached hydrogens (primary N) is 1. The van der Waals surface area contributed by atoms with Crippen molar-refractivity contribution in [3.8, 4) is 0 Å². The standard InChI is InChI=1S/C17H26N2O/c1-2-19(15-9-5-3-6-10-15)16(20)13-17(14-18)11-7-4-8-12-17/h3,5-6,9-10H,2,4,7-8,11-14,18H2,1H3. The Kier molecular flexibility index (Phi) is 5.18. The Morgan fingerprint density at radius 1 is 1.20 bits per heavy atom. The second kappa shape index (κ2) is 6.89. The van der Waals surface area contributed by atoms with E-state index in [0.29, 0.717) is 19.5 Å². The highest BCUT2D eigenvalue weighted by Gasteiger charge is 2.34. The summed E-state index contributed by atoms with van der Waals surface area (Å²) in [5, 5.41) is 0. The smallest absolute Gasteiger partial charge is 0.227 e. The molecule has 3 nitrogen and oxygen atoms in total. The molecule has 1 aliphatic rings. The molecule has 110 valence electrons. The summed E-state index contributed by atoms with van der Waals surface area (Å²) < 4.78 is 0. The Balaban J connectivity index is 2.09. The van der Waals surface area contributed by atoms with E-state index in [1.54, 1.807) is 0 Å². The maximum atomic E-state index is 12.7. The molecule has 0 radical (unpaired) electrons.